The molecule has 1 aromatic carbocycles. The van der Waals surface area contributed by atoms with Crippen molar-refractivity contribution in [2.45, 2.75) is 21.3 Å². The summed E-state index contributed by atoms with van der Waals surface area (Å²) in [6.45, 7) is 0. The molecule has 1 N–H and O–H groups in total. The second-order valence-electron chi connectivity index (χ2n) is 5.60. The number of amides is 1. The monoisotopic (exact) mass is 369 g/mol. The lowest BCUT2D eigenvalue weighted by molar-refractivity contribution is -0.116. The van der Waals surface area contributed by atoms with Gasteiger partial charge >= 0.3 is 0 Å². The number of nitrogens with zero attached hydrogens (tertiary/aromatic N) is 2. The number of allylic oxidation sites excluding steroid dienone is 2. The molecule has 0 fully saturated rings. The molecule has 0 saturated carbocycles. The molecule has 2 aliphatic rings. The number of rotatable bonds is 3. The summed E-state index contributed by atoms with van der Waals surface area (Å²) >= 11 is 3.02. The van der Waals surface area contributed by atoms with Gasteiger partial charge in [-0.05, 0) is 12.1 Å². The Morgan fingerprint density at radius 1 is 1.24 bits per heavy atom. The number of carbonyl (C=O) groups excluding carboxylic acids is 1. The van der Waals surface area contributed by atoms with Gasteiger partial charge in [0.25, 0.3) is 5.56 Å². The third kappa shape index (κ3) is 3.29. The minimum Gasteiger partial charge on any atom is -0.302 e. The molecule has 2 atom stereocenters. The number of aromatic nitrogens is 2. The van der Waals surface area contributed by atoms with Crippen LogP contribution < -0.4 is 10.5 Å². The van der Waals surface area contributed by atoms with Crippen molar-refractivity contribution in [1.82, 2.24) is 9.97 Å². The first kappa shape index (κ1) is 16.2. The predicted octanol–water partition coefficient (Wildman–Crippen LogP) is 2.86. The normalized spacial score (nSPS) is 20.9. The summed E-state index contributed by atoms with van der Waals surface area (Å²) in [4.78, 5) is 34.1. The quantitative estimate of drug-likeness (QED) is 0.666. The zero-order valence-electron chi connectivity index (χ0n) is 13.2. The summed E-state index contributed by atoms with van der Waals surface area (Å²) in [5.41, 5.74) is 0.721. The minimum atomic E-state index is -0.218. The first-order chi connectivity index (χ1) is 12.2. The molecule has 0 bridgehead atoms. The number of hydrogen-bond acceptors (Lipinski definition) is 5. The summed E-state index contributed by atoms with van der Waals surface area (Å²) in [6.07, 6.45) is 9.66. The van der Waals surface area contributed by atoms with Gasteiger partial charge in [-0.3, -0.25) is 9.59 Å². The van der Waals surface area contributed by atoms with E-state index in [2.05, 4.69) is 22.1 Å². The second-order valence-corrected chi connectivity index (χ2v) is 7.79. The minimum absolute atomic E-state index is 0.000724. The fourth-order valence-corrected chi connectivity index (χ4v) is 4.87. The molecule has 126 valence electrons. The Kier molecular flexibility index (Phi) is 4.50. The second kappa shape index (κ2) is 6.93. The highest BCUT2D eigenvalue weighted by Gasteiger charge is 2.36. The molecule has 1 aliphatic carbocycles. The van der Waals surface area contributed by atoms with Crippen molar-refractivity contribution in [1.29, 1.82) is 0 Å². The van der Waals surface area contributed by atoms with E-state index < -0.39 is 0 Å². The third-order valence-corrected chi connectivity index (χ3v) is 6.17. The van der Waals surface area contributed by atoms with Crippen LogP contribution >= 0.6 is 23.5 Å². The van der Waals surface area contributed by atoms with Gasteiger partial charge in [0, 0.05) is 17.2 Å². The fraction of sp³-hybridized carbons (Fsp3) is 0.167. The number of benzene rings is 1. The zero-order valence-corrected chi connectivity index (χ0v) is 14.8. The first-order valence-corrected chi connectivity index (χ1v) is 9.70. The zero-order chi connectivity index (χ0) is 17.2. The van der Waals surface area contributed by atoms with Gasteiger partial charge in [-0.15, -0.1) is 11.8 Å². The Balaban J connectivity index is 1.60. The molecular formula is C18H15N3O2S2. The van der Waals surface area contributed by atoms with Gasteiger partial charge in [-0.25, -0.2) is 4.98 Å². The lowest BCUT2D eigenvalue weighted by Crippen LogP contribution is -2.48. The van der Waals surface area contributed by atoms with E-state index in [4.69, 9.17) is 0 Å². The smallest absolute Gasteiger partial charge is 0.251 e. The predicted molar refractivity (Wildman–Crippen MR) is 101 cm³/mol. The number of carbonyl (C=O) groups is 1. The molecule has 1 aliphatic heterocycles. The summed E-state index contributed by atoms with van der Waals surface area (Å²) in [6, 6.07) is 9.33. The van der Waals surface area contributed by atoms with Gasteiger partial charge in [0.05, 0.1) is 22.7 Å². The van der Waals surface area contributed by atoms with E-state index in [1.54, 1.807) is 11.8 Å². The molecule has 0 spiro atoms. The van der Waals surface area contributed by atoms with Crippen LogP contribution in [0.15, 0.2) is 75.7 Å². The number of anilines is 1. The van der Waals surface area contributed by atoms with Crippen LogP contribution in [0.5, 0.6) is 0 Å². The molecule has 1 aromatic heterocycles. The van der Waals surface area contributed by atoms with E-state index in [0.29, 0.717) is 5.16 Å². The molecule has 4 rings (SSSR count). The van der Waals surface area contributed by atoms with Crippen molar-refractivity contribution in [3.63, 3.8) is 0 Å². The lowest BCUT2D eigenvalue weighted by atomic mass is 10.0. The topological polar surface area (TPSA) is 66.1 Å². The highest BCUT2D eigenvalue weighted by Crippen LogP contribution is 2.43. The number of aromatic amines is 1. The Morgan fingerprint density at radius 3 is 2.96 bits per heavy atom. The molecule has 2 aromatic rings. The summed E-state index contributed by atoms with van der Waals surface area (Å²) in [5, 5.41) is 0.666. The molecule has 0 saturated heterocycles. The van der Waals surface area contributed by atoms with Gasteiger partial charge in [-0.2, -0.15) is 0 Å². The van der Waals surface area contributed by atoms with Crippen LogP contribution in [0.4, 0.5) is 5.69 Å². The maximum atomic E-state index is 13.0. The Bertz CT molecular complexity index is 922. The van der Waals surface area contributed by atoms with Crippen molar-refractivity contribution in [2.24, 2.45) is 0 Å². The molecule has 2 heterocycles. The number of fused-ring (bicyclic) bond motifs is 2. The molecule has 5 nitrogen and oxygen atoms in total. The maximum absolute atomic E-state index is 13.0. The average Bonchev–Trinajstić information content (AvgIpc) is 2.64. The molecular weight excluding hydrogens is 354 g/mol. The van der Waals surface area contributed by atoms with Crippen LogP contribution in [-0.2, 0) is 4.79 Å². The summed E-state index contributed by atoms with van der Waals surface area (Å²) in [5.74, 6) is 0.214. The van der Waals surface area contributed by atoms with E-state index in [9.17, 15) is 9.59 Å². The number of para-hydroxylation sites is 1. The molecule has 0 unspecified atom stereocenters. The highest BCUT2D eigenvalue weighted by atomic mass is 32.2. The van der Waals surface area contributed by atoms with Gasteiger partial charge in [-0.1, -0.05) is 48.2 Å². The Morgan fingerprint density at radius 2 is 2.08 bits per heavy atom. The lowest BCUT2D eigenvalue weighted by Gasteiger charge is -2.40. The molecule has 0 radical (unpaired) electrons. The van der Waals surface area contributed by atoms with Crippen molar-refractivity contribution in [3.05, 3.63) is 71.2 Å². The van der Waals surface area contributed by atoms with Gasteiger partial charge < -0.3 is 9.88 Å². The Hall–Kier alpha value is -2.25. The highest BCUT2D eigenvalue weighted by molar-refractivity contribution is 8.00. The van der Waals surface area contributed by atoms with Gasteiger partial charge in [0.1, 0.15) is 0 Å². The number of nitrogens with one attached hydrogen (secondary N) is 1. The van der Waals surface area contributed by atoms with Crippen LogP contribution in [0, 0.1) is 0 Å². The first-order valence-electron chi connectivity index (χ1n) is 7.83. The number of thioether (sulfide) groups is 2. The van der Waals surface area contributed by atoms with Crippen LogP contribution in [0.25, 0.3) is 0 Å². The van der Waals surface area contributed by atoms with E-state index in [0.717, 1.165) is 10.6 Å². The van der Waals surface area contributed by atoms with Crippen molar-refractivity contribution < 1.29 is 4.79 Å². The van der Waals surface area contributed by atoms with Crippen molar-refractivity contribution >= 4 is 35.1 Å². The Labute approximate surface area is 153 Å². The third-order valence-electron chi connectivity index (χ3n) is 3.99. The van der Waals surface area contributed by atoms with Crippen molar-refractivity contribution in [3.8, 4) is 0 Å². The van der Waals surface area contributed by atoms with Gasteiger partial charge in [0.2, 0.25) is 5.91 Å². The number of hydrogen-bond donors (Lipinski definition) is 1. The fourth-order valence-electron chi connectivity index (χ4n) is 2.91. The molecule has 1 amide bonds. The summed E-state index contributed by atoms with van der Waals surface area (Å²) in [7, 11) is 0. The summed E-state index contributed by atoms with van der Waals surface area (Å²) < 4.78 is 0. The van der Waals surface area contributed by atoms with Crippen LogP contribution in [0.2, 0.25) is 0 Å². The molecule has 25 heavy (non-hydrogen) atoms. The van der Waals surface area contributed by atoms with E-state index in [1.807, 2.05) is 41.3 Å². The van der Waals surface area contributed by atoms with Crippen LogP contribution in [0.3, 0.4) is 0 Å². The van der Waals surface area contributed by atoms with E-state index in [-0.39, 0.29) is 28.5 Å². The van der Waals surface area contributed by atoms with E-state index >= 15 is 0 Å². The van der Waals surface area contributed by atoms with Gasteiger partial charge in [0.15, 0.2) is 5.16 Å². The number of H-pyrrole nitrogens is 1. The standard InChI is InChI=1S/C18H15N3O2S2/c22-16-9-10-19-18(20-16)24-11-17(23)21-12-5-1-3-7-14(12)25-15-8-4-2-6-13(15)21/h1-10,12,14H,11H2,(H,19,20,22)/t12-,14-/m1/s1. The largest absolute Gasteiger partial charge is 0.302 e. The van der Waals surface area contributed by atoms with Crippen LogP contribution in [-0.4, -0.2) is 32.9 Å². The van der Waals surface area contributed by atoms with E-state index in [1.165, 1.54) is 24.0 Å². The van der Waals surface area contributed by atoms with Crippen LogP contribution in [0.1, 0.15) is 0 Å². The average molecular weight is 369 g/mol. The SMILES string of the molecule is O=C(CSc1nccc(=O)[nH]1)N1c2ccccc2S[C@@H]2C=CC=C[C@H]21. The molecule has 7 heteroatoms. The van der Waals surface area contributed by atoms with Crippen molar-refractivity contribution in [2.75, 3.05) is 10.7 Å². The maximum Gasteiger partial charge on any atom is 0.251 e.